The zero-order chi connectivity index (χ0) is 20.8. The molecular weight excluding hydrogens is 376 g/mol. The van der Waals surface area contributed by atoms with E-state index in [-0.39, 0.29) is 58.0 Å². The number of methoxy groups -OCH3 is 2. The molecule has 2 heterocycles. The summed E-state index contributed by atoms with van der Waals surface area (Å²) in [6, 6.07) is 10.4. The summed E-state index contributed by atoms with van der Waals surface area (Å²) >= 11 is 0. The summed E-state index contributed by atoms with van der Waals surface area (Å²) in [5, 5.41) is 10.5. The van der Waals surface area contributed by atoms with Gasteiger partial charge >= 0.3 is 0 Å². The van der Waals surface area contributed by atoms with Gasteiger partial charge in [-0.05, 0) is 13.8 Å². The molecular formula is C22H22O7. The molecule has 2 aromatic carbocycles. The maximum absolute atomic E-state index is 13.1. The Hall–Kier alpha value is -3.19. The maximum Gasteiger partial charge on any atom is 0.239 e. The van der Waals surface area contributed by atoms with E-state index in [0.717, 1.165) is 0 Å². The second-order valence-electron chi connectivity index (χ2n) is 7.31. The van der Waals surface area contributed by atoms with Gasteiger partial charge in [0.2, 0.25) is 16.9 Å². The third kappa shape index (κ3) is 3.27. The summed E-state index contributed by atoms with van der Waals surface area (Å²) < 4.78 is 28.2. The van der Waals surface area contributed by atoms with Crippen LogP contribution < -0.4 is 19.6 Å². The number of hydrogen-bond donors (Lipinski definition) is 1. The van der Waals surface area contributed by atoms with Gasteiger partial charge in [0, 0.05) is 11.6 Å². The van der Waals surface area contributed by atoms with E-state index in [0.29, 0.717) is 5.56 Å². The van der Waals surface area contributed by atoms with Crippen LogP contribution in [-0.4, -0.2) is 37.6 Å². The molecule has 0 radical (unpaired) electrons. The van der Waals surface area contributed by atoms with E-state index in [2.05, 4.69) is 0 Å². The molecule has 1 N–H and O–H groups in total. The van der Waals surface area contributed by atoms with Crippen molar-refractivity contribution in [3.05, 3.63) is 46.6 Å². The Kier molecular flexibility index (Phi) is 4.62. The SMILES string of the molecule is COc1c(-c2ccccc2)oc2c(OC)c(OC[C@H]3OC3(C)C)cc(O)c2c1=O. The van der Waals surface area contributed by atoms with E-state index in [4.69, 9.17) is 23.4 Å². The summed E-state index contributed by atoms with van der Waals surface area (Å²) in [5.41, 5.74) is 0.00101. The third-order valence-electron chi connectivity index (χ3n) is 5.02. The smallest absolute Gasteiger partial charge is 0.239 e. The Morgan fingerprint density at radius 1 is 1.10 bits per heavy atom. The van der Waals surface area contributed by atoms with Crippen molar-refractivity contribution in [3.63, 3.8) is 0 Å². The Labute approximate surface area is 167 Å². The molecule has 152 valence electrons. The van der Waals surface area contributed by atoms with Crippen molar-refractivity contribution >= 4 is 11.0 Å². The van der Waals surface area contributed by atoms with E-state index in [1.54, 1.807) is 12.1 Å². The highest BCUT2D eigenvalue weighted by atomic mass is 16.6. The van der Waals surface area contributed by atoms with Crippen molar-refractivity contribution < 1.29 is 28.5 Å². The zero-order valence-corrected chi connectivity index (χ0v) is 16.6. The first-order valence-electron chi connectivity index (χ1n) is 9.18. The lowest BCUT2D eigenvalue weighted by atomic mass is 10.1. The number of fused-ring (bicyclic) bond motifs is 1. The number of aromatic hydroxyl groups is 1. The molecule has 0 amide bonds. The number of hydrogen-bond acceptors (Lipinski definition) is 7. The highest BCUT2D eigenvalue weighted by molar-refractivity contribution is 5.93. The average Bonchev–Trinajstić information content (AvgIpc) is 3.33. The average molecular weight is 398 g/mol. The van der Waals surface area contributed by atoms with Crippen LogP contribution in [0.25, 0.3) is 22.3 Å². The number of phenols is 1. The van der Waals surface area contributed by atoms with Crippen LogP contribution in [0.2, 0.25) is 0 Å². The Bertz CT molecular complexity index is 1120. The molecule has 4 rings (SSSR count). The molecule has 3 aromatic rings. The van der Waals surface area contributed by atoms with Gasteiger partial charge in [0.1, 0.15) is 23.8 Å². The van der Waals surface area contributed by atoms with E-state index < -0.39 is 5.43 Å². The second-order valence-corrected chi connectivity index (χ2v) is 7.31. The van der Waals surface area contributed by atoms with Crippen LogP contribution in [0.4, 0.5) is 0 Å². The summed E-state index contributed by atoms with van der Waals surface area (Å²) in [7, 11) is 2.83. The fraction of sp³-hybridized carbons (Fsp3) is 0.318. The van der Waals surface area contributed by atoms with Crippen LogP contribution in [0.15, 0.2) is 45.6 Å². The lowest BCUT2D eigenvalue weighted by Gasteiger charge is -2.15. The number of benzene rings is 2. The van der Waals surface area contributed by atoms with Crippen molar-refractivity contribution in [2.75, 3.05) is 20.8 Å². The molecule has 7 nitrogen and oxygen atoms in total. The molecule has 0 saturated carbocycles. The normalized spacial score (nSPS) is 17.2. The van der Waals surface area contributed by atoms with Crippen molar-refractivity contribution in [1.82, 2.24) is 0 Å². The van der Waals surface area contributed by atoms with Crippen LogP contribution in [0.1, 0.15) is 13.8 Å². The van der Waals surface area contributed by atoms with Gasteiger partial charge in [0.15, 0.2) is 17.1 Å². The first-order chi connectivity index (χ1) is 13.9. The summed E-state index contributed by atoms with van der Waals surface area (Å²) in [4.78, 5) is 13.1. The largest absolute Gasteiger partial charge is 0.507 e. The van der Waals surface area contributed by atoms with E-state index >= 15 is 0 Å². The molecule has 1 saturated heterocycles. The minimum absolute atomic E-state index is 0.00264. The van der Waals surface area contributed by atoms with Crippen LogP contribution >= 0.6 is 0 Å². The van der Waals surface area contributed by atoms with Crippen LogP contribution in [0, 0.1) is 0 Å². The molecule has 0 bridgehead atoms. The molecule has 29 heavy (non-hydrogen) atoms. The number of ether oxygens (including phenoxy) is 4. The lowest BCUT2D eigenvalue weighted by molar-refractivity contribution is 0.245. The Morgan fingerprint density at radius 3 is 2.34 bits per heavy atom. The topological polar surface area (TPSA) is 90.7 Å². The van der Waals surface area contributed by atoms with Gasteiger partial charge < -0.3 is 28.5 Å². The molecule has 0 aliphatic carbocycles. The summed E-state index contributed by atoms with van der Waals surface area (Å²) in [6.45, 7) is 4.21. The third-order valence-corrected chi connectivity index (χ3v) is 5.02. The van der Waals surface area contributed by atoms with E-state index in [1.165, 1.54) is 20.3 Å². The number of rotatable bonds is 6. The van der Waals surface area contributed by atoms with Gasteiger partial charge in [0.05, 0.1) is 19.8 Å². The number of epoxide rings is 1. The monoisotopic (exact) mass is 398 g/mol. The fourth-order valence-electron chi connectivity index (χ4n) is 3.28. The summed E-state index contributed by atoms with van der Waals surface area (Å²) in [6.07, 6.45) is -0.0622. The van der Waals surface area contributed by atoms with Crippen molar-refractivity contribution in [2.24, 2.45) is 0 Å². The molecule has 1 atom stereocenters. The Morgan fingerprint density at radius 2 is 1.76 bits per heavy atom. The zero-order valence-electron chi connectivity index (χ0n) is 16.6. The predicted molar refractivity (Wildman–Crippen MR) is 107 cm³/mol. The predicted octanol–water partition coefficient (Wildman–Crippen LogP) is 3.74. The van der Waals surface area contributed by atoms with E-state index in [1.807, 2.05) is 32.0 Å². The molecule has 1 aliphatic rings. The molecule has 0 spiro atoms. The van der Waals surface area contributed by atoms with Crippen LogP contribution in [0.3, 0.4) is 0 Å². The summed E-state index contributed by atoms with van der Waals surface area (Å²) in [5.74, 6) is 0.442. The van der Waals surface area contributed by atoms with Crippen molar-refractivity contribution in [1.29, 1.82) is 0 Å². The molecule has 1 aromatic heterocycles. The van der Waals surface area contributed by atoms with Gasteiger partial charge in [-0.3, -0.25) is 4.79 Å². The first-order valence-corrected chi connectivity index (χ1v) is 9.18. The molecule has 1 aliphatic heterocycles. The van der Waals surface area contributed by atoms with Gasteiger partial charge in [-0.25, -0.2) is 0 Å². The van der Waals surface area contributed by atoms with E-state index in [9.17, 15) is 9.90 Å². The minimum atomic E-state index is -0.499. The van der Waals surface area contributed by atoms with Crippen LogP contribution in [-0.2, 0) is 4.74 Å². The number of phenolic OH excluding ortho intramolecular Hbond substituents is 1. The maximum atomic E-state index is 13.1. The minimum Gasteiger partial charge on any atom is -0.507 e. The highest BCUT2D eigenvalue weighted by Gasteiger charge is 2.48. The Balaban J connectivity index is 1.90. The van der Waals surface area contributed by atoms with Crippen molar-refractivity contribution in [3.8, 4) is 34.3 Å². The van der Waals surface area contributed by atoms with Gasteiger partial charge in [-0.15, -0.1) is 0 Å². The highest BCUT2D eigenvalue weighted by Crippen LogP contribution is 2.44. The first kappa shape index (κ1) is 19.1. The second kappa shape index (κ2) is 7.00. The van der Waals surface area contributed by atoms with Crippen molar-refractivity contribution in [2.45, 2.75) is 25.6 Å². The quantitative estimate of drug-likeness (QED) is 0.633. The van der Waals surface area contributed by atoms with Crippen LogP contribution in [0.5, 0.6) is 23.0 Å². The molecule has 7 heteroatoms. The lowest BCUT2D eigenvalue weighted by Crippen LogP contribution is -2.13. The standard InChI is InChI=1S/C22H22O7/c1-22(2)15(29-22)11-27-14-10-13(23)16-17(24)21(26-4)18(12-8-6-5-7-9-12)28-20(16)19(14)25-3/h5-10,15,23H,11H2,1-4H3/t15-/m1/s1. The van der Waals surface area contributed by atoms with Gasteiger partial charge in [-0.1, -0.05) is 30.3 Å². The van der Waals surface area contributed by atoms with Gasteiger partial charge in [-0.2, -0.15) is 0 Å². The molecule has 1 fully saturated rings. The fourth-order valence-corrected chi connectivity index (χ4v) is 3.28. The van der Waals surface area contributed by atoms with Gasteiger partial charge in [0.25, 0.3) is 0 Å². The molecule has 0 unspecified atom stereocenters.